The first kappa shape index (κ1) is 18.3. The van der Waals surface area contributed by atoms with Crippen LogP contribution in [0.25, 0.3) is 0 Å². The summed E-state index contributed by atoms with van der Waals surface area (Å²) in [6.07, 6.45) is 1.52. The zero-order chi connectivity index (χ0) is 18.2. The van der Waals surface area contributed by atoms with Crippen molar-refractivity contribution in [3.05, 3.63) is 30.3 Å². The second-order valence-electron chi connectivity index (χ2n) is 6.34. The van der Waals surface area contributed by atoms with Gasteiger partial charge in [0.15, 0.2) is 0 Å². The molecule has 1 aromatic carbocycles. The number of aliphatic carboxylic acids is 1. The van der Waals surface area contributed by atoms with Crippen molar-refractivity contribution in [2.75, 3.05) is 12.3 Å². The molecule has 8 nitrogen and oxygen atoms in total. The van der Waals surface area contributed by atoms with Crippen LogP contribution in [0.4, 0.5) is 0 Å². The van der Waals surface area contributed by atoms with Crippen LogP contribution in [0, 0.1) is 5.92 Å². The molecule has 138 valence electrons. The topological polar surface area (TPSA) is 121 Å². The number of benzene rings is 1. The van der Waals surface area contributed by atoms with Gasteiger partial charge in [-0.1, -0.05) is 18.2 Å². The van der Waals surface area contributed by atoms with Gasteiger partial charge in [0.25, 0.3) is 0 Å². The molecule has 3 rings (SSSR count). The molecule has 0 aromatic heterocycles. The van der Waals surface area contributed by atoms with Crippen LogP contribution in [0.3, 0.4) is 0 Å². The molecule has 2 N–H and O–H groups in total. The number of nitrogens with one attached hydrogen (secondary N) is 1. The van der Waals surface area contributed by atoms with Crippen LogP contribution in [0.1, 0.15) is 19.3 Å². The minimum atomic E-state index is -3.77. The molecule has 2 heterocycles. The van der Waals surface area contributed by atoms with Crippen molar-refractivity contribution >= 4 is 26.0 Å². The van der Waals surface area contributed by atoms with E-state index in [9.17, 15) is 26.7 Å². The van der Waals surface area contributed by atoms with Gasteiger partial charge < -0.3 is 5.11 Å². The quantitative estimate of drug-likeness (QED) is 0.690. The molecule has 2 aliphatic rings. The van der Waals surface area contributed by atoms with Crippen LogP contribution in [0.5, 0.6) is 0 Å². The van der Waals surface area contributed by atoms with Gasteiger partial charge in [0.05, 0.1) is 16.6 Å². The number of hydrogen-bond donors (Lipinski definition) is 2. The van der Waals surface area contributed by atoms with Gasteiger partial charge in [0.1, 0.15) is 0 Å². The number of sulfonamides is 2. The second-order valence-corrected chi connectivity index (χ2v) is 10.1. The van der Waals surface area contributed by atoms with Gasteiger partial charge in [-0.15, -0.1) is 0 Å². The normalized spacial score (nSPS) is 26.8. The predicted octanol–water partition coefficient (Wildman–Crippen LogP) is 0.232. The molecule has 0 spiro atoms. The fraction of sp³-hybridized carbons (Fsp3) is 0.533. The first-order valence-electron chi connectivity index (χ1n) is 8.01. The third-order valence-electron chi connectivity index (χ3n) is 4.82. The van der Waals surface area contributed by atoms with Crippen LogP contribution < -0.4 is 4.72 Å². The monoisotopic (exact) mass is 388 g/mol. The standard InChI is InChI=1S/C15H20N2O6S2/c18-15(19)13-10-11-6-7-14(13)17(11)24(20,21)9-8-16-25(22,23)12-4-2-1-3-5-12/h1-5,11,13-14,16H,6-10H2,(H,18,19). The first-order valence-corrected chi connectivity index (χ1v) is 11.1. The molecule has 10 heteroatoms. The summed E-state index contributed by atoms with van der Waals surface area (Å²) in [5, 5.41) is 9.21. The molecular formula is C15H20N2O6S2. The Hall–Kier alpha value is -1.49. The van der Waals surface area contributed by atoms with Crippen LogP contribution in [-0.4, -0.2) is 56.6 Å². The third-order valence-corrected chi connectivity index (χ3v) is 8.23. The molecule has 2 saturated heterocycles. The lowest BCUT2D eigenvalue weighted by Gasteiger charge is -2.22. The zero-order valence-corrected chi connectivity index (χ0v) is 15.0. The molecule has 3 atom stereocenters. The molecule has 3 unspecified atom stereocenters. The predicted molar refractivity (Wildman–Crippen MR) is 89.8 cm³/mol. The number of nitrogens with zero attached hydrogens (tertiary/aromatic N) is 1. The molecule has 0 saturated carbocycles. The largest absolute Gasteiger partial charge is 0.481 e. The lowest BCUT2D eigenvalue weighted by atomic mass is 9.89. The fourth-order valence-corrected chi connectivity index (χ4v) is 6.79. The molecule has 0 radical (unpaired) electrons. The van der Waals surface area contributed by atoms with Gasteiger partial charge in [-0.3, -0.25) is 4.79 Å². The lowest BCUT2D eigenvalue weighted by Crippen LogP contribution is -2.41. The van der Waals surface area contributed by atoms with Gasteiger partial charge in [-0.05, 0) is 31.4 Å². The summed E-state index contributed by atoms with van der Waals surface area (Å²) in [4.78, 5) is 11.3. The summed E-state index contributed by atoms with van der Waals surface area (Å²) in [7, 11) is -7.49. The van der Waals surface area contributed by atoms with Crippen molar-refractivity contribution in [2.24, 2.45) is 5.92 Å². The molecule has 25 heavy (non-hydrogen) atoms. The average molecular weight is 388 g/mol. The van der Waals surface area contributed by atoms with Crippen molar-refractivity contribution in [3.8, 4) is 0 Å². The fourth-order valence-electron chi connectivity index (χ4n) is 3.73. The van der Waals surface area contributed by atoms with Gasteiger partial charge >= 0.3 is 5.97 Å². The van der Waals surface area contributed by atoms with E-state index in [1.165, 1.54) is 16.4 Å². The van der Waals surface area contributed by atoms with Gasteiger partial charge in [0.2, 0.25) is 20.0 Å². The van der Waals surface area contributed by atoms with Crippen molar-refractivity contribution in [1.82, 2.24) is 9.03 Å². The summed E-state index contributed by atoms with van der Waals surface area (Å²) < 4.78 is 53.0. The molecule has 0 aliphatic carbocycles. The molecule has 0 amide bonds. The Kier molecular flexibility index (Phi) is 4.89. The second kappa shape index (κ2) is 6.67. The Morgan fingerprint density at radius 2 is 1.84 bits per heavy atom. The van der Waals surface area contributed by atoms with Crippen LogP contribution >= 0.6 is 0 Å². The summed E-state index contributed by atoms with van der Waals surface area (Å²) >= 11 is 0. The minimum absolute atomic E-state index is 0.0691. The maximum atomic E-state index is 12.6. The Morgan fingerprint density at radius 3 is 2.44 bits per heavy atom. The van der Waals surface area contributed by atoms with Crippen molar-refractivity contribution in [3.63, 3.8) is 0 Å². The van der Waals surface area contributed by atoms with Gasteiger partial charge in [-0.25, -0.2) is 21.6 Å². The maximum Gasteiger partial charge on any atom is 0.308 e. The van der Waals surface area contributed by atoms with Crippen LogP contribution in [-0.2, 0) is 24.8 Å². The van der Waals surface area contributed by atoms with Gasteiger partial charge in [0, 0.05) is 18.6 Å². The van der Waals surface area contributed by atoms with Crippen LogP contribution in [0.15, 0.2) is 35.2 Å². The number of hydrogen-bond acceptors (Lipinski definition) is 5. The van der Waals surface area contributed by atoms with E-state index >= 15 is 0 Å². The Balaban J connectivity index is 1.65. The van der Waals surface area contributed by atoms with E-state index in [1.54, 1.807) is 18.2 Å². The third kappa shape index (κ3) is 3.57. The number of rotatable bonds is 7. The smallest absolute Gasteiger partial charge is 0.308 e. The van der Waals surface area contributed by atoms with Crippen molar-refractivity contribution in [1.29, 1.82) is 0 Å². The molecule has 2 bridgehead atoms. The van der Waals surface area contributed by atoms with Crippen molar-refractivity contribution in [2.45, 2.75) is 36.2 Å². The Morgan fingerprint density at radius 1 is 1.16 bits per heavy atom. The van der Waals surface area contributed by atoms with Crippen molar-refractivity contribution < 1.29 is 26.7 Å². The maximum absolute atomic E-state index is 12.6. The summed E-state index contributed by atoms with van der Waals surface area (Å²) in [6.45, 7) is -0.257. The SMILES string of the molecule is O=C(O)C1CC2CCC1N2S(=O)(=O)CCNS(=O)(=O)c1ccccc1. The highest BCUT2D eigenvalue weighted by molar-refractivity contribution is 7.90. The van der Waals surface area contributed by atoms with E-state index in [1.807, 2.05) is 0 Å². The summed E-state index contributed by atoms with van der Waals surface area (Å²) in [6, 6.07) is 6.90. The number of carboxylic acids is 1. The average Bonchev–Trinajstić information content (AvgIpc) is 3.14. The van der Waals surface area contributed by atoms with Gasteiger partial charge in [-0.2, -0.15) is 4.31 Å². The highest BCUT2D eigenvalue weighted by Crippen LogP contribution is 2.43. The van der Waals surface area contributed by atoms with E-state index in [4.69, 9.17) is 0 Å². The number of carboxylic acid groups (broad SMARTS) is 1. The Labute approximate surface area is 146 Å². The molecule has 1 aromatic rings. The van der Waals surface area contributed by atoms with E-state index in [2.05, 4.69) is 4.72 Å². The van der Waals surface area contributed by atoms with E-state index in [0.29, 0.717) is 19.3 Å². The summed E-state index contributed by atoms with van der Waals surface area (Å²) in [5.74, 6) is -2.04. The number of fused-ring (bicyclic) bond motifs is 2. The minimum Gasteiger partial charge on any atom is -0.481 e. The van der Waals surface area contributed by atoms with E-state index < -0.39 is 43.7 Å². The summed E-state index contributed by atoms with van der Waals surface area (Å²) in [5.41, 5.74) is 0. The number of carbonyl (C=O) groups is 1. The first-order chi connectivity index (χ1) is 11.7. The molecule has 2 fully saturated rings. The lowest BCUT2D eigenvalue weighted by molar-refractivity contribution is -0.142. The zero-order valence-electron chi connectivity index (χ0n) is 13.4. The molecule has 2 aliphatic heterocycles. The molecular weight excluding hydrogens is 368 g/mol. The highest BCUT2D eigenvalue weighted by Gasteiger charge is 2.53. The van der Waals surface area contributed by atoms with E-state index in [0.717, 1.165) is 0 Å². The van der Waals surface area contributed by atoms with E-state index in [-0.39, 0.29) is 17.5 Å². The highest BCUT2D eigenvalue weighted by atomic mass is 32.2. The Bertz CT molecular complexity index is 853. The van der Waals surface area contributed by atoms with Crippen LogP contribution in [0.2, 0.25) is 0 Å².